The highest BCUT2D eigenvalue weighted by molar-refractivity contribution is 6.34. The fourth-order valence-corrected chi connectivity index (χ4v) is 2.98. The topological polar surface area (TPSA) is 69.9 Å². The van der Waals surface area contributed by atoms with Crippen molar-refractivity contribution in [3.05, 3.63) is 29.8 Å². The lowest BCUT2D eigenvalue weighted by molar-refractivity contribution is -0.153. The van der Waals surface area contributed by atoms with Gasteiger partial charge in [-0.05, 0) is 35.8 Å². The lowest BCUT2D eigenvalue weighted by Gasteiger charge is -2.31. The molecule has 0 aliphatic carbocycles. The van der Waals surface area contributed by atoms with Gasteiger partial charge in [-0.3, -0.25) is 14.4 Å². The summed E-state index contributed by atoms with van der Waals surface area (Å²) in [4.78, 5) is 29.3. The van der Waals surface area contributed by atoms with E-state index in [4.69, 9.17) is 4.74 Å². The summed E-state index contributed by atoms with van der Waals surface area (Å²) in [6.07, 6.45) is 1.62. The van der Waals surface area contributed by atoms with Crippen LogP contribution >= 0.6 is 0 Å². The zero-order chi connectivity index (χ0) is 18.4. The van der Waals surface area contributed by atoms with Crippen LogP contribution in [0.2, 0.25) is 0 Å². The first-order chi connectivity index (χ1) is 11.8. The van der Waals surface area contributed by atoms with Crippen LogP contribution in [0.15, 0.2) is 24.3 Å². The number of hydrogen-bond acceptors (Lipinski definition) is 4. The molecule has 1 saturated heterocycles. The van der Waals surface area contributed by atoms with Crippen LogP contribution in [-0.4, -0.2) is 43.5 Å². The highest BCUT2D eigenvalue weighted by Gasteiger charge is 2.28. The Balaban J connectivity index is 1.86. The van der Waals surface area contributed by atoms with Crippen molar-refractivity contribution in [1.29, 1.82) is 0 Å². The third kappa shape index (κ3) is 5.19. The van der Waals surface area contributed by atoms with Gasteiger partial charge in [-0.25, -0.2) is 0 Å². The van der Waals surface area contributed by atoms with Crippen LogP contribution in [0.4, 0.5) is 0 Å². The molecule has 0 unspecified atom stereocenters. The molecule has 0 atom stereocenters. The first kappa shape index (κ1) is 19.2. The molecule has 0 N–H and O–H groups in total. The first-order valence-corrected chi connectivity index (χ1v) is 8.62. The quantitative estimate of drug-likeness (QED) is 0.619. The van der Waals surface area contributed by atoms with Crippen molar-refractivity contribution >= 4 is 11.8 Å². The van der Waals surface area contributed by atoms with Crippen molar-refractivity contribution in [1.82, 2.24) is 10.4 Å². The normalized spacial score (nSPS) is 15.8. The number of piperidine rings is 1. The predicted octanol–water partition coefficient (Wildman–Crippen LogP) is 2.29. The fraction of sp³-hybridized carbons (Fsp3) is 0.579. The van der Waals surface area contributed by atoms with Gasteiger partial charge in [-0.2, -0.15) is 0 Å². The molecule has 137 valence electrons. The molecule has 2 amide bonds. The van der Waals surface area contributed by atoms with E-state index in [-0.39, 0.29) is 5.41 Å². The number of carbonyl (C=O) groups excluding carboxylic acids is 2. The highest BCUT2D eigenvalue weighted by atomic mass is 16.6. The van der Waals surface area contributed by atoms with Gasteiger partial charge in [0.25, 0.3) is 0 Å². The highest BCUT2D eigenvalue weighted by Crippen LogP contribution is 2.31. The standard InChI is InChI=1S/C19H27N2O4/c1-19(2,3)15-7-5-6-8-16(15)25-13-14-9-11-21(12-10-14)18(23)17(22)20-24-4/h5-8,14H,9-13H2,1-4H3. The number of benzene rings is 1. The van der Waals surface area contributed by atoms with Crippen LogP contribution in [0.3, 0.4) is 0 Å². The van der Waals surface area contributed by atoms with Gasteiger partial charge in [-0.15, -0.1) is 0 Å². The van der Waals surface area contributed by atoms with Gasteiger partial charge in [-0.1, -0.05) is 44.5 Å². The second kappa shape index (κ2) is 8.34. The summed E-state index contributed by atoms with van der Waals surface area (Å²) in [5.74, 6) is -0.162. The lowest BCUT2D eigenvalue weighted by Crippen LogP contribution is -2.45. The minimum atomic E-state index is -0.851. The van der Waals surface area contributed by atoms with Gasteiger partial charge in [0.15, 0.2) is 0 Å². The van der Waals surface area contributed by atoms with Crippen molar-refractivity contribution < 1.29 is 19.2 Å². The summed E-state index contributed by atoms with van der Waals surface area (Å²) in [5, 5.41) is 0. The zero-order valence-corrected chi connectivity index (χ0v) is 15.4. The van der Waals surface area contributed by atoms with Crippen molar-refractivity contribution in [2.75, 3.05) is 26.8 Å². The van der Waals surface area contributed by atoms with E-state index in [1.807, 2.05) is 18.2 Å². The van der Waals surface area contributed by atoms with E-state index in [0.29, 0.717) is 25.6 Å². The number of hydrogen-bond donors (Lipinski definition) is 0. The molecule has 25 heavy (non-hydrogen) atoms. The molecule has 1 radical (unpaired) electrons. The Hall–Kier alpha value is -2.08. The molecule has 1 aliphatic rings. The van der Waals surface area contributed by atoms with E-state index in [2.05, 4.69) is 37.2 Å². The largest absolute Gasteiger partial charge is 0.493 e. The number of nitrogens with zero attached hydrogens (tertiary/aromatic N) is 2. The Kier molecular flexibility index (Phi) is 6.42. The van der Waals surface area contributed by atoms with Crippen LogP contribution < -0.4 is 10.2 Å². The monoisotopic (exact) mass is 347 g/mol. The summed E-state index contributed by atoms with van der Waals surface area (Å²) in [6, 6.07) is 8.11. The fourth-order valence-electron chi connectivity index (χ4n) is 2.98. The summed E-state index contributed by atoms with van der Waals surface area (Å²) in [7, 11) is 1.25. The van der Waals surface area contributed by atoms with Gasteiger partial charge in [0.2, 0.25) is 0 Å². The molecule has 0 aromatic heterocycles. The average Bonchev–Trinajstić information content (AvgIpc) is 2.59. The van der Waals surface area contributed by atoms with Gasteiger partial charge in [0.1, 0.15) is 5.75 Å². The van der Waals surface area contributed by atoms with Crippen molar-refractivity contribution in [3.8, 4) is 5.75 Å². The molecule has 0 spiro atoms. The van der Waals surface area contributed by atoms with E-state index < -0.39 is 11.8 Å². The second-order valence-electron chi connectivity index (χ2n) is 7.37. The summed E-state index contributed by atoms with van der Waals surface area (Å²) in [6.45, 7) is 8.20. The van der Waals surface area contributed by atoms with E-state index in [1.54, 1.807) is 0 Å². The molecule has 1 heterocycles. The second-order valence-corrected chi connectivity index (χ2v) is 7.37. The van der Waals surface area contributed by atoms with Crippen molar-refractivity contribution in [2.24, 2.45) is 5.92 Å². The minimum Gasteiger partial charge on any atom is -0.493 e. The Labute approximate surface area is 149 Å². The smallest absolute Gasteiger partial charge is 0.357 e. The molecular formula is C19H27N2O4. The number of amides is 2. The average molecular weight is 347 g/mol. The van der Waals surface area contributed by atoms with Gasteiger partial charge in [0, 0.05) is 13.1 Å². The molecule has 0 bridgehead atoms. The lowest BCUT2D eigenvalue weighted by atomic mass is 9.86. The maximum atomic E-state index is 11.9. The van der Waals surface area contributed by atoms with Crippen molar-refractivity contribution in [3.63, 3.8) is 0 Å². The molecule has 6 nitrogen and oxygen atoms in total. The first-order valence-electron chi connectivity index (χ1n) is 8.62. The summed E-state index contributed by atoms with van der Waals surface area (Å²) in [5.41, 5.74) is 4.39. The number of rotatable bonds is 4. The van der Waals surface area contributed by atoms with Crippen LogP contribution in [0, 0.1) is 5.92 Å². The van der Waals surface area contributed by atoms with Crippen LogP contribution in [0.1, 0.15) is 39.2 Å². The van der Waals surface area contributed by atoms with Gasteiger partial charge < -0.3 is 9.64 Å². The molecule has 1 aromatic rings. The van der Waals surface area contributed by atoms with Gasteiger partial charge >= 0.3 is 11.8 Å². The summed E-state index contributed by atoms with van der Waals surface area (Å²) >= 11 is 0. The van der Waals surface area contributed by atoms with Crippen LogP contribution in [0.25, 0.3) is 0 Å². The molecule has 1 aliphatic heterocycles. The number of para-hydroxylation sites is 1. The SMILES string of the molecule is CO[N]C(=O)C(=O)N1CCC(COc2ccccc2C(C)(C)C)CC1. The number of hydroxylamine groups is 1. The number of ether oxygens (including phenoxy) is 1. The van der Waals surface area contributed by atoms with Crippen molar-refractivity contribution in [2.45, 2.75) is 39.0 Å². The van der Waals surface area contributed by atoms with E-state index >= 15 is 0 Å². The maximum absolute atomic E-state index is 11.9. The van der Waals surface area contributed by atoms with Crippen LogP contribution in [0.5, 0.6) is 5.75 Å². The molecule has 0 saturated carbocycles. The molecule has 1 fully saturated rings. The van der Waals surface area contributed by atoms with E-state index in [0.717, 1.165) is 18.6 Å². The molecule has 6 heteroatoms. The van der Waals surface area contributed by atoms with E-state index in [9.17, 15) is 9.59 Å². The number of carbonyl (C=O) groups is 2. The Morgan fingerprint density at radius 3 is 2.44 bits per heavy atom. The molecule has 2 rings (SSSR count). The molecule has 1 aromatic carbocycles. The predicted molar refractivity (Wildman–Crippen MR) is 94.1 cm³/mol. The third-order valence-electron chi connectivity index (χ3n) is 4.43. The van der Waals surface area contributed by atoms with Gasteiger partial charge in [0.05, 0.1) is 13.7 Å². The Bertz CT molecular complexity index is 602. The Morgan fingerprint density at radius 1 is 1.20 bits per heavy atom. The zero-order valence-electron chi connectivity index (χ0n) is 15.4. The number of likely N-dealkylation sites (tertiary alicyclic amines) is 1. The van der Waals surface area contributed by atoms with Crippen LogP contribution in [-0.2, 0) is 19.8 Å². The third-order valence-corrected chi connectivity index (χ3v) is 4.43. The maximum Gasteiger partial charge on any atom is 0.357 e. The van der Waals surface area contributed by atoms with E-state index in [1.165, 1.54) is 17.6 Å². The Morgan fingerprint density at radius 2 is 1.84 bits per heavy atom. The summed E-state index contributed by atoms with van der Waals surface area (Å²) < 4.78 is 6.08. The minimum absolute atomic E-state index is 0.0254. The molecular weight excluding hydrogens is 320 g/mol.